The van der Waals surface area contributed by atoms with Crippen molar-refractivity contribution >= 4 is 17.5 Å². The van der Waals surface area contributed by atoms with Crippen LogP contribution in [0, 0.1) is 0 Å². The summed E-state index contributed by atoms with van der Waals surface area (Å²) >= 11 is 6.08. The number of ether oxygens (including phenoxy) is 1. The molecule has 17 heavy (non-hydrogen) atoms. The van der Waals surface area contributed by atoms with Crippen LogP contribution in [0.5, 0.6) is 5.75 Å². The highest BCUT2D eigenvalue weighted by molar-refractivity contribution is 6.34. The topological polar surface area (TPSA) is 41.6 Å². The first kappa shape index (κ1) is 12.2. The lowest BCUT2D eigenvalue weighted by atomic mass is 10.1. The first-order valence-corrected chi connectivity index (χ1v) is 5.94. The fraction of sp³-hybridized carbons (Fsp3) is 0.417. The third-order valence-electron chi connectivity index (χ3n) is 2.81. The first-order chi connectivity index (χ1) is 8.24. The maximum Gasteiger partial charge on any atom is 0.259 e. The second-order valence-electron chi connectivity index (χ2n) is 3.86. The Morgan fingerprint density at radius 3 is 2.76 bits per heavy atom. The van der Waals surface area contributed by atoms with Gasteiger partial charge in [0.2, 0.25) is 0 Å². The summed E-state index contributed by atoms with van der Waals surface area (Å²) in [6.45, 7) is 3.04. The lowest BCUT2D eigenvalue weighted by Gasteiger charge is -2.28. The van der Waals surface area contributed by atoms with Crippen molar-refractivity contribution in [3.05, 3.63) is 28.8 Å². The molecule has 0 atom stereocenters. The van der Waals surface area contributed by atoms with Gasteiger partial charge in [-0.05, 0) is 12.1 Å². The lowest BCUT2D eigenvalue weighted by Crippen LogP contribution is -2.46. The van der Waals surface area contributed by atoms with E-state index in [2.05, 4.69) is 5.32 Å². The van der Waals surface area contributed by atoms with Gasteiger partial charge in [-0.3, -0.25) is 4.79 Å². The minimum absolute atomic E-state index is 0.0612. The number of halogens is 1. The highest BCUT2D eigenvalue weighted by Crippen LogP contribution is 2.27. The molecule has 92 valence electrons. The van der Waals surface area contributed by atoms with Crippen LogP contribution in [-0.2, 0) is 0 Å². The highest BCUT2D eigenvalue weighted by atomic mass is 35.5. The van der Waals surface area contributed by atoms with E-state index in [0.29, 0.717) is 29.4 Å². The fourth-order valence-corrected chi connectivity index (χ4v) is 2.15. The molecule has 1 heterocycles. The number of rotatable bonds is 2. The zero-order chi connectivity index (χ0) is 12.3. The Labute approximate surface area is 106 Å². The Hall–Kier alpha value is -1.26. The molecule has 1 saturated heterocycles. The van der Waals surface area contributed by atoms with Crippen molar-refractivity contribution in [2.24, 2.45) is 0 Å². The minimum Gasteiger partial charge on any atom is -0.496 e. The summed E-state index contributed by atoms with van der Waals surface area (Å²) in [5.41, 5.74) is 0.457. The van der Waals surface area contributed by atoms with Gasteiger partial charge >= 0.3 is 0 Å². The fourth-order valence-electron chi connectivity index (χ4n) is 1.91. The SMILES string of the molecule is COc1cccc(Cl)c1C(=O)N1CCNCC1. The Morgan fingerprint density at radius 1 is 1.41 bits per heavy atom. The number of benzene rings is 1. The standard InChI is InChI=1S/C12H15ClN2O2/c1-17-10-4-2-3-9(13)11(10)12(16)15-7-5-14-6-8-15/h2-4,14H,5-8H2,1H3. The molecular weight excluding hydrogens is 240 g/mol. The number of nitrogens with one attached hydrogen (secondary N) is 1. The number of carbonyl (C=O) groups excluding carboxylic acids is 1. The van der Waals surface area contributed by atoms with E-state index in [1.807, 2.05) is 0 Å². The van der Waals surface area contributed by atoms with Crippen molar-refractivity contribution in [3.63, 3.8) is 0 Å². The van der Waals surface area contributed by atoms with Crippen molar-refractivity contribution in [2.75, 3.05) is 33.3 Å². The van der Waals surface area contributed by atoms with Crippen LogP contribution in [0.15, 0.2) is 18.2 Å². The average molecular weight is 255 g/mol. The summed E-state index contributed by atoms with van der Waals surface area (Å²) in [5, 5.41) is 3.64. The van der Waals surface area contributed by atoms with E-state index >= 15 is 0 Å². The summed E-state index contributed by atoms with van der Waals surface area (Å²) in [4.78, 5) is 14.1. The Balaban J connectivity index is 2.29. The van der Waals surface area contributed by atoms with Gasteiger partial charge in [0.25, 0.3) is 5.91 Å². The van der Waals surface area contributed by atoms with Crippen molar-refractivity contribution < 1.29 is 9.53 Å². The van der Waals surface area contributed by atoms with Gasteiger partial charge < -0.3 is 15.0 Å². The quantitative estimate of drug-likeness (QED) is 0.867. The van der Waals surface area contributed by atoms with E-state index in [0.717, 1.165) is 13.1 Å². The molecule has 5 heteroatoms. The summed E-state index contributed by atoms with van der Waals surface area (Å²) < 4.78 is 5.19. The van der Waals surface area contributed by atoms with E-state index in [-0.39, 0.29) is 5.91 Å². The minimum atomic E-state index is -0.0612. The van der Waals surface area contributed by atoms with E-state index in [1.165, 1.54) is 0 Å². The molecule has 1 aliphatic rings. The average Bonchev–Trinajstić information content (AvgIpc) is 2.38. The molecule has 0 bridgehead atoms. The van der Waals surface area contributed by atoms with Crippen LogP contribution in [0.2, 0.25) is 5.02 Å². The number of hydrogen-bond acceptors (Lipinski definition) is 3. The van der Waals surface area contributed by atoms with Crippen LogP contribution in [0.3, 0.4) is 0 Å². The smallest absolute Gasteiger partial charge is 0.259 e. The summed E-state index contributed by atoms with van der Waals surface area (Å²) in [6, 6.07) is 5.23. The molecule has 0 saturated carbocycles. The van der Waals surface area contributed by atoms with Crippen LogP contribution < -0.4 is 10.1 Å². The van der Waals surface area contributed by atoms with Crippen molar-refractivity contribution in [3.8, 4) is 5.75 Å². The maximum atomic E-state index is 12.3. The number of hydrogen-bond donors (Lipinski definition) is 1. The number of nitrogens with zero attached hydrogens (tertiary/aromatic N) is 1. The molecule has 1 amide bonds. The predicted molar refractivity (Wildman–Crippen MR) is 66.8 cm³/mol. The number of carbonyl (C=O) groups is 1. The highest BCUT2D eigenvalue weighted by Gasteiger charge is 2.23. The molecule has 1 aromatic carbocycles. The zero-order valence-corrected chi connectivity index (χ0v) is 10.5. The third kappa shape index (κ3) is 2.53. The van der Waals surface area contributed by atoms with Crippen LogP contribution in [0.25, 0.3) is 0 Å². The van der Waals surface area contributed by atoms with Crippen LogP contribution >= 0.6 is 11.6 Å². The molecule has 1 N–H and O–H groups in total. The normalized spacial score (nSPS) is 15.8. The second kappa shape index (κ2) is 5.38. The molecular formula is C12H15ClN2O2. The van der Waals surface area contributed by atoms with E-state index in [9.17, 15) is 4.79 Å². The van der Waals surface area contributed by atoms with Crippen LogP contribution in [-0.4, -0.2) is 44.1 Å². The number of methoxy groups -OCH3 is 1. The number of amides is 1. The zero-order valence-electron chi connectivity index (χ0n) is 9.70. The van der Waals surface area contributed by atoms with Gasteiger partial charge in [-0.15, -0.1) is 0 Å². The summed E-state index contributed by atoms with van der Waals surface area (Å²) in [5.74, 6) is 0.468. The van der Waals surface area contributed by atoms with E-state index in [1.54, 1.807) is 30.2 Å². The molecule has 1 aliphatic heterocycles. The van der Waals surface area contributed by atoms with Crippen molar-refractivity contribution in [2.45, 2.75) is 0 Å². The molecule has 1 fully saturated rings. The lowest BCUT2D eigenvalue weighted by molar-refractivity contribution is 0.0732. The largest absolute Gasteiger partial charge is 0.496 e. The molecule has 0 unspecified atom stereocenters. The van der Waals surface area contributed by atoms with Crippen LogP contribution in [0.1, 0.15) is 10.4 Å². The maximum absolute atomic E-state index is 12.3. The van der Waals surface area contributed by atoms with Crippen molar-refractivity contribution in [1.82, 2.24) is 10.2 Å². The molecule has 4 nitrogen and oxygen atoms in total. The molecule has 0 aliphatic carbocycles. The molecule has 0 radical (unpaired) electrons. The van der Waals surface area contributed by atoms with Gasteiger partial charge in [0.05, 0.1) is 12.1 Å². The van der Waals surface area contributed by atoms with Gasteiger partial charge in [-0.1, -0.05) is 17.7 Å². The van der Waals surface area contributed by atoms with Crippen LogP contribution in [0.4, 0.5) is 0 Å². The summed E-state index contributed by atoms with van der Waals surface area (Å²) in [7, 11) is 1.54. The molecule has 0 aromatic heterocycles. The van der Waals surface area contributed by atoms with Gasteiger partial charge in [0.1, 0.15) is 11.3 Å². The number of piperazine rings is 1. The first-order valence-electron chi connectivity index (χ1n) is 5.56. The van der Waals surface area contributed by atoms with Gasteiger partial charge in [-0.25, -0.2) is 0 Å². The van der Waals surface area contributed by atoms with E-state index < -0.39 is 0 Å². The molecule has 2 rings (SSSR count). The van der Waals surface area contributed by atoms with Crippen molar-refractivity contribution in [1.29, 1.82) is 0 Å². The predicted octanol–water partition coefficient (Wildman–Crippen LogP) is 1.39. The Morgan fingerprint density at radius 2 is 2.12 bits per heavy atom. The van der Waals surface area contributed by atoms with E-state index in [4.69, 9.17) is 16.3 Å². The molecule has 0 spiro atoms. The van der Waals surface area contributed by atoms with Gasteiger partial charge in [0.15, 0.2) is 0 Å². The van der Waals surface area contributed by atoms with Gasteiger partial charge in [-0.2, -0.15) is 0 Å². The second-order valence-corrected chi connectivity index (χ2v) is 4.27. The third-order valence-corrected chi connectivity index (χ3v) is 3.13. The molecule has 1 aromatic rings. The Bertz CT molecular complexity index is 417. The summed E-state index contributed by atoms with van der Waals surface area (Å²) in [6.07, 6.45) is 0. The van der Waals surface area contributed by atoms with Gasteiger partial charge in [0, 0.05) is 26.2 Å². The Kier molecular flexibility index (Phi) is 3.86. The monoisotopic (exact) mass is 254 g/mol.